The lowest BCUT2D eigenvalue weighted by atomic mass is 10.2. The predicted molar refractivity (Wildman–Crippen MR) is 73.0 cm³/mol. The number of aromatic amines is 1. The number of amides is 1. The first-order chi connectivity index (χ1) is 10.7. The largest absolute Gasteiger partial charge is 0.497 e. The van der Waals surface area contributed by atoms with Crippen LogP contribution >= 0.6 is 0 Å². The number of rotatable bonds is 3. The highest BCUT2D eigenvalue weighted by Crippen LogP contribution is 2.29. The lowest BCUT2D eigenvalue weighted by molar-refractivity contribution is -0.137. The van der Waals surface area contributed by atoms with Crippen LogP contribution in [0.1, 0.15) is 15.9 Å². The van der Waals surface area contributed by atoms with Crippen molar-refractivity contribution in [2.45, 2.75) is 6.18 Å². The minimum Gasteiger partial charge on any atom is -0.497 e. The molecule has 1 aromatic carbocycles. The minimum absolute atomic E-state index is 0.163. The van der Waals surface area contributed by atoms with Gasteiger partial charge in [0.2, 0.25) is 0 Å². The van der Waals surface area contributed by atoms with Crippen molar-refractivity contribution in [3.05, 3.63) is 57.8 Å². The van der Waals surface area contributed by atoms with Gasteiger partial charge in [-0.25, -0.2) is 4.39 Å². The van der Waals surface area contributed by atoms with Crippen molar-refractivity contribution in [1.29, 1.82) is 0 Å². The van der Waals surface area contributed by atoms with Crippen LogP contribution in [0.5, 0.6) is 5.75 Å². The molecule has 2 N–H and O–H groups in total. The number of pyridine rings is 1. The Morgan fingerprint density at radius 3 is 2.52 bits per heavy atom. The van der Waals surface area contributed by atoms with Gasteiger partial charge in [-0.2, -0.15) is 13.2 Å². The third-order valence-electron chi connectivity index (χ3n) is 2.90. The van der Waals surface area contributed by atoms with Gasteiger partial charge in [0.25, 0.3) is 11.5 Å². The number of aromatic nitrogens is 1. The number of alkyl halides is 3. The van der Waals surface area contributed by atoms with Gasteiger partial charge < -0.3 is 15.0 Å². The molecular formula is C14H10F4N2O3. The molecule has 0 unspecified atom stereocenters. The molecule has 2 aromatic rings. The molecule has 23 heavy (non-hydrogen) atoms. The standard InChI is InChI=1S/C14H10F4N2O3/c1-23-8-2-3-9(10(15)5-8)12(21)20-11-4-7(14(16,17)18)6-19-13(11)22/h2-6H,1H3,(H,19,22)(H,20,21). The van der Waals surface area contributed by atoms with Crippen LogP contribution in [0.3, 0.4) is 0 Å². The molecule has 1 heterocycles. The summed E-state index contributed by atoms with van der Waals surface area (Å²) in [6.45, 7) is 0. The lowest BCUT2D eigenvalue weighted by Crippen LogP contribution is -2.22. The van der Waals surface area contributed by atoms with E-state index >= 15 is 0 Å². The smallest absolute Gasteiger partial charge is 0.417 e. The van der Waals surface area contributed by atoms with E-state index in [4.69, 9.17) is 4.74 Å². The normalized spacial score (nSPS) is 11.2. The van der Waals surface area contributed by atoms with E-state index < -0.39 is 40.3 Å². The maximum absolute atomic E-state index is 13.8. The van der Waals surface area contributed by atoms with Gasteiger partial charge in [0.15, 0.2) is 0 Å². The number of hydrogen-bond donors (Lipinski definition) is 2. The Labute approximate surface area is 126 Å². The maximum atomic E-state index is 13.8. The zero-order valence-corrected chi connectivity index (χ0v) is 11.6. The quantitative estimate of drug-likeness (QED) is 0.850. The van der Waals surface area contributed by atoms with E-state index in [-0.39, 0.29) is 5.75 Å². The summed E-state index contributed by atoms with van der Waals surface area (Å²) in [5.41, 5.74) is -3.18. The molecule has 1 amide bonds. The molecule has 0 aliphatic carbocycles. The van der Waals surface area contributed by atoms with Crippen LogP contribution in [0, 0.1) is 5.82 Å². The zero-order chi connectivity index (χ0) is 17.2. The first-order valence-electron chi connectivity index (χ1n) is 6.17. The van der Waals surface area contributed by atoms with E-state index in [1.165, 1.54) is 13.2 Å². The van der Waals surface area contributed by atoms with Crippen LogP contribution < -0.4 is 15.6 Å². The van der Waals surface area contributed by atoms with Gasteiger partial charge in [0.05, 0.1) is 18.2 Å². The molecule has 0 aliphatic heterocycles. The topological polar surface area (TPSA) is 71.2 Å². The van der Waals surface area contributed by atoms with Crippen LogP contribution in [0.2, 0.25) is 0 Å². The molecule has 0 bridgehead atoms. The van der Waals surface area contributed by atoms with E-state index in [2.05, 4.69) is 0 Å². The summed E-state index contributed by atoms with van der Waals surface area (Å²) in [7, 11) is 1.30. The Bertz CT molecular complexity index is 799. The average Bonchev–Trinajstić information content (AvgIpc) is 2.47. The summed E-state index contributed by atoms with van der Waals surface area (Å²) in [6.07, 6.45) is -4.22. The second-order valence-electron chi connectivity index (χ2n) is 4.43. The van der Waals surface area contributed by atoms with E-state index in [0.29, 0.717) is 12.3 Å². The fourth-order valence-electron chi connectivity index (χ4n) is 1.74. The number of nitrogens with one attached hydrogen (secondary N) is 2. The molecule has 0 saturated heterocycles. The molecule has 0 saturated carbocycles. The van der Waals surface area contributed by atoms with E-state index in [0.717, 1.165) is 12.1 Å². The molecule has 2 rings (SSSR count). The SMILES string of the molecule is COc1ccc(C(=O)Nc2cc(C(F)(F)F)c[nH]c2=O)c(F)c1. The van der Waals surface area contributed by atoms with Crippen molar-refractivity contribution in [3.63, 3.8) is 0 Å². The van der Waals surface area contributed by atoms with Gasteiger partial charge in [-0.3, -0.25) is 9.59 Å². The van der Waals surface area contributed by atoms with Crippen molar-refractivity contribution in [3.8, 4) is 5.75 Å². The van der Waals surface area contributed by atoms with Crippen molar-refractivity contribution in [1.82, 2.24) is 4.98 Å². The molecule has 0 aliphatic rings. The van der Waals surface area contributed by atoms with Gasteiger partial charge in [-0.05, 0) is 18.2 Å². The molecule has 0 atom stereocenters. The Hall–Kier alpha value is -2.84. The van der Waals surface area contributed by atoms with E-state index in [1.54, 1.807) is 0 Å². The minimum atomic E-state index is -4.70. The molecule has 5 nitrogen and oxygen atoms in total. The number of ether oxygens (including phenoxy) is 1. The third kappa shape index (κ3) is 3.68. The number of carbonyl (C=O) groups excluding carboxylic acids is 1. The second-order valence-corrected chi connectivity index (χ2v) is 4.43. The molecule has 9 heteroatoms. The highest BCUT2D eigenvalue weighted by atomic mass is 19.4. The number of carbonyl (C=O) groups is 1. The van der Waals surface area contributed by atoms with E-state index in [1.807, 2.05) is 10.3 Å². The number of hydrogen-bond acceptors (Lipinski definition) is 3. The first-order valence-corrected chi connectivity index (χ1v) is 6.17. The molecule has 1 aromatic heterocycles. The summed E-state index contributed by atoms with van der Waals surface area (Å²) in [5.74, 6) is -1.84. The van der Waals surface area contributed by atoms with Crippen molar-refractivity contribution in [2.24, 2.45) is 0 Å². The van der Waals surface area contributed by atoms with Crippen LogP contribution in [-0.4, -0.2) is 18.0 Å². The highest BCUT2D eigenvalue weighted by molar-refractivity contribution is 6.04. The number of benzene rings is 1. The zero-order valence-electron chi connectivity index (χ0n) is 11.6. The van der Waals surface area contributed by atoms with Gasteiger partial charge in [0.1, 0.15) is 17.3 Å². The lowest BCUT2D eigenvalue weighted by Gasteiger charge is -2.10. The summed E-state index contributed by atoms with van der Waals surface area (Å²) >= 11 is 0. The van der Waals surface area contributed by atoms with Crippen LogP contribution in [0.25, 0.3) is 0 Å². The van der Waals surface area contributed by atoms with Gasteiger partial charge in [0, 0.05) is 12.3 Å². The fourth-order valence-corrected chi connectivity index (χ4v) is 1.74. The van der Waals surface area contributed by atoms with Gasteiger partial charge in [-0.15, -0.1) is 0 Å². The average molecular weight is 330 g/mol. The first kappa shape index (κ1) is 16.5. The summed E-state index contributed by atoms with van der Waals surface area (Å²) < 4.78 is 56.3. The summed E-state index contributed by atoms with van der Waals surface area (Å²) in [5, 5.41) is 1.95. The molecule has 0 spiro atoms. The molecular weight excluding hydrogens is 320 g/mol. The van der Waals surface area contributed by atoms with Gasteiger partial charge in [-0.1, -0.05) is 0 Å². The number of halogens is 4. The molecule has 0 fully saturated rings. The van der Waals surface area contributed by atoms with Crippen molar-refractivity contribution < 1.29 is 27.1 Å². The Morgan fingerprint density at radius 2 is 1.96 bits per heavy atom. The second kappa shape index (κ2) is 6.11. The van der Waals surface area contributed by atoms with Crippen molar-refractivity contribution >= 4 is 11.6 Å². The Kier molecular flexibility index (Phi) is 4.39. The van der Waals surface area contributed by atoms with Crippen LogP contribution in [0.15, 0.2) is 35.3 Å². The monoisotopic (exact) mass is 330 g/mol. The highest BCUT2D eigenvalue weighted by Gasteiger charge is 2.31. The predicted octanol–water partition coefficient (Wildman–Crippen LogP) is 2.79. The van der Waals surface area contributed by atoms with E-state index in [9.17, 15) is 27.2 Å². The number of anilines is 1. The maximum Gasteiger partial charge on any atom is 0.417 e. The Balaban J connectivity index is 2.32. The van der Waals surface area contributed by atoms with Gasteiger partial charge >= 0.3 is 6.18 Å². The van der Waals surface area contributed by atoms with Crippen LogP contribution in [-0.2, 0) is 6.18 Å². The number of H-pyrrole nitrogens is 1. The van der Waals surface area contributed by atoms with Crippen LogP contribution in [0.4, 0.5) is 23.2 Å². The molecule has 122 valence electrons. The van der Waals surface area contributed by atoms with Crippen molar-refractivity contribution in [2.75, 3.05) is 12.4 Å². The third-order valence-corrected chi connectivity index (χ3v) is 2.90. The number of methoxy groups -OCH3 is 1. The Morgan fingerprint density at radius 1 is 1.26 bits per heavy atom. The summed E-state index contributed by atoms with van der Waals surface area (Å²) in [6, 6.07) is 3.79. The molecule has 0 radical (unpaired) electrons. The fraction of sp³-hybridized carbons (Fsp3) is 0.143. The summed E-state index contributed by atoms with van der Waals surface area (Å²) in [4.78, 5) is 25.3.